The van der Waals surface area contributed by atoms with Crippen LogP contribution in [0, 0.1) is 0 Å². The molecule has 0 aliphatic rings. The van der Waals surface area contributed by atoms with Gasteiger partial charge in [-0.2, -0.15) is 0 Å². The van der Waals surface area contributed by atoms with E-state index >= 15 is 0 Å². The van der Waals surface area contributed by atoms with Crippen LogP contribution in [0.2, 0.25) is 0 Å². The van der Waals surface area contributed by atoms with Gasteiger partial charge in [0.2, 0.25) is 0 Å². The Morgan fingerprint density at radius 3 is 2.62 bits per heavy atom. The van der Waals surface area contributed by atoms with Crippen molar-refractivity contribution in [3.05, 3.63) is 70.5 Å². The number of carbonyl (C=O) groups excluding carboxylic acids is 1. The highest BCUT2D eigenvalue weighted by Gasteiger charge is 2.13. The minimum absolute atomic E-state index is 0.0731. The number of hydrogen-bond acceptors (Lipinski definition) is 5. The Bertz CT molecular complexity index is 954. The van der Waals surface area contributed by atoms with Crippen LogP contribution in [-0.2, 0) is 22.5 Å². The van der Waals surface area contributed by atoms with E-state index in [1.807, 2.05) is 36.4 Å². The van der Waals surface area contributed by atoms with Gasteiger partial charge in [0.15, 0.2) is 5.16 Å². The molecule has 0 N–H and O–H groups in total. The zero-order valence-corrected chi connectivity index (χ0v) is 15.4. The lowest BCUT2D eigenvalue weighted by Crippen LogP contribution is -2.24. The Morgan fingerprint density at radius 1 is 1.12 bits per heavy atom. The molecule has 26 heavy (non-hydrogen) atoms. The molecule has 0 aliphatic carbocycles. The normalized spacial score (nSPS) is 10.8. The molecule has 0 saturated carbocycles. The molecule has 2 aromatic carbocycles. The van der Waals surface area contributed by atoms with Crippen LogP contribution in [0.3, 0.4) is 0 Å². The maximum atomic E-state index is 12.9. The Balaban J connectivity index is 1.86. The molecule has 0 aliphatic heterocycles. The summed E-state index contributed by atoms with van der Waals surface area (Å²) in [5.74, 6) is -0.215. The molecule has 134 valence electrons. The van der Waals surface area contributed by atoms with Crippen molar-refractivity contribution in [2.75, 3.05) is 12.9 Å². The Labute approximate surface area is 156 Å². The topological polar surface area (TPSA) is 61.2 Å². The molecule has 5 nitrogen and oxygen atoms in total. The van der Waals surface area contributed by atoms with Crippen LogP contribution in [0.15, 0.2) is 64.5 Å². The predicted octanol–water partition coefficient (Wildman–Crippen LogP) is 3.29. The molecule has 0 fully saturated rings. The molecule has 0 radical (unpaired) electrons. The van der Waals surface area contributed by atoms with Crippen molar-refractivity contribution in [3.63, 3.8) is 0 Å². The number of carbonyl (C=O) groups is 1. The number of ether oxygens (including phenoxy) is 1. The molecular weight excluding hydrogens is 348 g/mol. The summed E-state index contributed by atoms with van der Waals surface area (Å²) in [6, 6.07) is 17.4. The number of fused-ring (bicyclic) bond motifs is 1. The number of esters is 1. The number of rotatable bonds is 7. The van der Waals surface area contributed by atoms with Crippen molar-refractivity contribution in [3.8, 4) is 0 Å². The third-order valence-electron chi connectivity index (χ3n) is 4.06. The summed E-state index contributed by atoms with van der Waals surface area (Å²) in [4.78, 5) is 29.0. The summed E-state index contributed by atoms with van der Waals surface area (Å²) >= 11 is 1.23. The third kappa shape index (κ3) is 4.32. The third-order valence-corrected chi connectivity index (χ3v) is 5.01. The van der Waals surface area contributed by atoms with Gasteiger partial charge in [-0.15, -0.1) is 0 Å². The smallest absolute Gasteiger partial charge is 0.316 e. The Hall–Kier alpha value is -2.60. The Kier molecular flexibility index (Phi) is 6.07. The van der Waals surface area contributed by atoms with Crippen molar-refractivity contribution in [1.29, 1.82) is 0 Å². The van der Waals surface area contributed by atoms with Crippen LogP contribution in [0.25, 0.3) is 10.9 Å². The summed E-state index contributed by atoms with van der Waals surface area (Å²) in [6.07, 6.45) is 1.69. The predicted molar refractivity (Wildman–Crippen MR) is 104 cm³/mol. The summed E-state index contributed by atoms with van der Waals surface area (Å²) in [5.41, 5.74) is 1.80. The van der Waals surface area contributed by atoms with E-state index in [9.17, 15) is 9.59 Å². The first-order valence-corrected chi connectivity index (χ1v) is 9.40. The first-order valence-electron chi connectivity index (χ1n) is 8.42. The van der Waals surface area contributed by atoms with E-state index in [1.54, 1.807) is 10.6 Å². The lowest BCUT2D eigenvalue weighted by atomic mass is 10.1. The first-order chi connectivity index (χ1) is 12.7. The largest absolute Gasteiger partial charge is 0.468 e. The summed E-state index contributed by atoms with van der Waals surface area (Å²) in [7, 11) is 1.35. The monoisotopic (exact) mass is 368 g/mol. The van der Waals surface area contributed by atoms with Gasteiger partial charge in [-0.3, -0.25) is 14.2 Å². The van der Waals surface area contributed by atoms with Gasteiger partial charge in [-0.05, 0) is 30.5 Å². The number of hydrogen-bond donors (Lipinski definition) is 0. The van der Waals surface area contributed by atoms with Gasteiger partial charge >= 0.3 is 5.97 Å². The molecule has 0 unspecified atom stereocenters. The molecule has 0 bridgehead atoms. The Morgan fingerprint density at radius 2 is 1.85 bits per heavy atom. The van der Waals surface area contributed by atoms with Gasteiger partial charge in [0.25, 0.3) is 5.56 Å². The number of thioether (sulfide) groups is 1. The van der Waals surface area contributed by atoms with Gasteiger partial charge in [-0.1, -0.05) is 54.2 Å². The van der Waals surface area contributed by atoms with Gasteiger partial charge in [-0.25, -0.2) is 4.98 Å². The van der Waals surface area contributed by atoms with E-state index in [0.717, 1.165) is 12.8 Å². The molecule has 6 heteroatoms. The van der Waals surface area contributed by atoms with E-state index in [1.165, 1.54) is 24.4 Å². The second-order valence-corrected chi connectivity index (χ2v) is 6.76. The molecule has 0 saturated heterocycles. The first kappa shape index (κ1) is 18.2. The van der Waals surface area contributed by atoms with E-state index in [-0.39, 0.29) is 17.3 Å². The minimum atomic E-state index is -0.340. The SMILES string of the molecule is COC(=O)CSc1nc2ccccc2c(=O)n1CCCc1ccccc1. The molecule has 1 heterocycles. The van der Waals surface area contributed by atoms with E-state index in [4.69, 9.17) is 4.74 Å². The van der Waals surface area contributed by atoms with Crippen molar-refractivity contribution in [2.24, 2.45) is 0 Å². The standard InChI is InChI=1S/C20H20N2O3S/c1-25-18(23)14-26-20-21-17-12-6-5-11-16(17)19(24)22(20)13-7-10-15-8-3-2-4-9-15/h2-6,8-9,11-12H,7,10,13-14H2,1H3. The fourth-order valence-electron chi connectivity index (χ4n) is 2.72. The van der Waals surface area contributed by atoms with Crippen molar-refractivity contribution in [1.82, 2.24) is 9.55 Å². The number of aryl methyl sites for hydroxylation is 1. The maximum Gasteiger partial charge on any atom is 0.316 e. The summed E-state index contributed by atoms with van der Waals surface area (Å²) in [6.45, 7) is 0.551. The van der Waals surface area contributed by atoms with Crippen LogP contribution in [0.5, 0.6) is 0 Å². The van der Waals surface area contributed by atoms with Crippen LogP contribution in [0.1, 0.15) is 12.0 Å². The van der Waals surface area contributed by atoms with Gasteiger partial charge in [0.1, 0.15) is 0 Å². The average molecular weight is 368 g/mol. The highest BCUT2D eigenvalue weighted by Crippen LogP contribution is 2.18. The molecule has 3 rings (SSSR count). The number of benzene rings is 2. The van der Waals surface area contributed by atoms with Crippen molar-refractivity contribution in [2.45, 2.75) is 24.5 Å². The van der Waals surface area contributed by atoms with E-state index in [2.05, 4.69) is 17.1 Å². The van der Waals surface area contributed by atoms with Gasteiger partial charge in [0, 0.05) is 6.54 Å². The molecule has 1 aromatic heterocycles. The van der Waals surface area contributed by atoms with E-state index < -0.39 is 0 Å². The number of aromatic nitrogens is 2. The lowest BCUT2D eigenvalue weighted by Gasteiger charge is -2.13. The average Bonchev–Trinajstić information content (AvgIpc) is 2.69. The summed E-state index contributed by atoms with van der Waals surface area (Å²) < 4.78 is 6.36. The highest BCUT2D eigenvalue weighted by atomic mass is 32.2. The fraction of sp³-hybridized carbons (Fsp3) is 0.250. The zero-order chi connectivity index (χ0) is 18.4. The number of nitrogens with zero attached hydrogens (tertiary/aromatic N) is 2. The lowest BCUT2D eigenvalue weighted by molar-refractivity contribution is -0.137. The quantitative estimate of drug-likeness (QED) is 0.364. The number of para-hydroxylation sites is 1. The molecule has 0 atom stereocenters. The molecule has 0 spiro atoms. The molecular formula is C20H20N2O3S. The summed E-state index contributed by atoms with van der Waals surface area (Å²) in [5, 5.41) is 1.14. The van der Waals surface area contributed by atoms with Crippen molar-refractivity contribution < 1.29 is 9.53 Å². The second kappa shape index (κ2) is 8.67. The van der Waals surface area contributed by atoms with Crippen molar-refractivity contribution >= 4 is 28.6 Å². The number of methoxy groups -OCH3 is 1. The van der Waals surface area contributed by atoms with Crippen LogP contribution < -0.4 is 5.56 Å². The molecule has 0 amide bonds. The van der Waals surface area contributed by atoms with E-state index in [0.29, 0.717) is 22.6 Å². The molecule has 3 aromatic rings. The fourth-order valence-corrected chi connectivity index (χ4v) is 3.58. The minimum Gasteiger partial charge on any atom is -0.468 e. The van der Waals surface area contributed by atoms with Gasteiger partial charge in [0.05, 0.1) is 23.8 Å². The highest BCUT2D eigenvalue weighted by molar-refractivity contribution is 7.99. The maximum absolute atomic E-state index is 12.9. The van der Waals surface area contributed by atoms with Crippen LogP contribution in [-0.4, -0.2) is 28.4 Å². The second-order valence-electron chi connectivity index (χ2n) is 5.82. The zero-order valence-electron chi connectivity index (χ0n) is 14.6. The van der Waals surface area contributed by atoms with Crippen LogP contribution >= 0.6 is 11.8 Å². The van der Waals surface area contributed by atoms with Gasteiger partial charge < -0.3 is 4.74 Å². The van der Waals surface area contributed by atoms with Crippen LogP contribution in [0.4, 0.5) is 0 Å².